The first-order chi connectivity index (χ1) is 13.9. The third-order valence-corrected chi connectivity index (χ3v) is 3.92. The Morgan fingerprint density at radius 1 is 1.14 bits per heavy atom. The van der Waals surface area contributed by atoms with Crippen LogP contribution in [-0.2, 0) is 20.8 Å². The summed E-state index contributed by atoms with van der Waals surface area (Å²) in [7, 11) is 0. The minimum Gasteiger partial charge on any atom is -0.462 e. The number of ether oxygens (including phenoxy) is 3. The van der Waals surface area contributed by atoms with Crippen LogP contribution in [0.1, 0.15) is 31.1 Å². The van der Waals surface area contributed by atoms with Crippen LogP contribution in [0.25, 0.3) is 11.4 Å². The molecule has 0 N–H and O–H groups in total. The Bertz CT molecular complexity index is 903. The van der Waals surface area contributed by atoms with Crippen LogP contribution in [0.4, 0.5) is 5.69 Å². The second-order valence-corrected chi connectivity index (χ2v) is 5.78. The molecule has 1 aromatic carbocycles. The lowest BCUT2D eigenvalue weighted by Crippen LogP contribution is -2.35. The molecule has 0 aliphatic rings. The minimum absolute atomic E-state index is 0.0208. The van der Waals surface area contributed by atoms with Crippen molar-refractivity contribution in [3.05, 3.63) is 56.5 Å². The van der Waals surface area contributed by atoms with E-state index in [1.165, 1.54) is 28.8 Å². The Kier molecular flexibility index (Phi) is 7.98. The largest absolute Gasteiger partial charge is 0.462 e. The Balaban J connectivity index is 2.56. The van der Waals surface area contributed by atoms with E-state index in [4.69, 9.17) is 14.2 Å². The van der Waals surface area contributed by atoms with E-state index in [0.717, 1.165) is 6.20 Å². The number of non-ortho nitro benzene ring substituents is 1. The third-order valence-electron chi connectivity index (χ3n) is 3.92. The molecule has 10 nitrogen and oxygen atoms in total. The molecule has 0 atom stereocenters. The average molecular weight is 405 g/mol. The number of nitro groups is 1. The summed E-state index contributed by atoms with van der Waals surface area (Å²) in [6, 6.07) is 5.59. The van der Waals surface area contributed by atoms with Crippen LogP contribution in [0.5, 0.6) is 0 Å². The van der Waals surface area contributed by atoms with Crippen molar-refractivity contribution in [2.75, 3.05) is 19.8 Å². The van der Waals surface area contributed by atoms with Crippen LogP contribution >= 0.6 is 0 Å². The number of nitro benzene ring substituents is 1. The van der Waals surface area contributed by atoms with Crippen LogP contribution in [0, 0.1) is 10.1 Å². The zero-order valence-electron chi connectivity index (χ0n) is 16.5. The van der Waals surface area contributed by atoms with Gasteiger partial charge in [0.15, 0.2) is 6.29 Å². The summed E-state index contributed by atoms with van der Waals surface area (Å²) >= 11 is 0. The van der Waals surface area contributed by atoms with Crippen molar-refractivity contribution in [1.29, 1.82) is 0 Å². The van der Waals surface area contributed by atoms with Crippen LogP contribution < -0.4 is 5.56 Å². The molecule has 2 rings (SSSR count). The van der Waals surface area contributed by atoms with E-state index >= 15 is 0 Å². The SMILES string of the molecule is CCOC(=O)c1cnc(-c2ccc([N+](=O)[O-])cc2)n(CC(OCC)OCC)c1=O. The van der Waals surface area contributed by atoms with Gasteiger partial charge in [0.05, 0.1) is 18.1 Å². The molecule has 0 saturated carbocycles. The van der Waals surface area contributed by atoms with Crippen molar-refractivity contribution in [3.63, 3.8) is 0 Å². The van der Waals surface area contributed by atoms with Crippen LogP contribution in [0.3, 0.4) is 0 Å². The first kappa shape index (κ1) is 22.2. The number of benzene rings is 1. The van der Waals surface area contributed by atoms with Gasteiger partial charge in [-0.2, -0.15) is 0 Å². The van der Waals surface area contributed by atoms with Crippen molar-refractivity contribution in [3.8, 4) is 11.4 Å². The van der Waals surface area contributed by atoms with Gasteiger partial charge >= 0.3 is 5.97 Å². The number of aromatic nitrogens is 2. The molecule has 0 spiro atoms. The van der Waals surface area contributed by atoms with Crippen molar-refractivity contribution >= 4 is 11.7 Å². The highest BCUT2D eigenvalue weighted by atomic mass is 16.7. The third kappa shape index (κ3) is 5.46. The van der Waals surface area contributed by atoms with Crippen molar-refractivity contribution < 1.29 is 23.9 Å². The van der Waals surface area contributed by atoms with Crippen molar-refractivity contribution in [2.24, 2.45) is 0 Å². The molecule has 0 aliphatic heterocycles. The molecular formula is C19H23N3O7. The molecule has 29 heavy (non-hydrogen) atoms. The molecule has 0 radical (unpaired) electrons. The second kappa shape index (κ2) is 10.4. The van der Waals surface area contributed by atoms with Gasteiger partial charge in [0.25, 0.3) is 11.2 Å². The number of rotatable bonds is 10. The summed E-state index contributed by atoms with van der Waals surface area (Å²) < 4.78 is 17.2. The first-order valence-electron chi connectivity index (χ1n) is 9.17. The molecule has 156 valence electrons. The highest BCUT2D eigenvalue weighted by Crippen LogP contribution is 2.21. The molecule has 0 aliphatic carbocycles. The number of carbonyl (C=O) groups excluding carboxylic acids is 1. The predicted octanol–water partition coefficient (Wildman–Crippen LogP) is 2.39. The second-order valence-electron chi connectivity index (χ2n) is 5.78. The van der Waals surface area contributed by atoms with Gasteiger partial charge in [0, 0.05) is 37.1 Å². The lowest BCUT2D eigenvalue weighted by atomic mass is 10.2. The fraction of sp³-hybridized carbons (Fsp3) is 0.421. The quantitative estimate of drug-likeness (QED) is 0.255. The van der Waals surface area contributed by atoms with E-state index in [1.54, 1.807) is 20.8 Å². The first-order valence-corrected chi connectivity index (χ1v) is 9.17. The summed E-state index contributed by atoms with van der Waals surface area (Å²) in [5.41, 5.74) is -0.456. The summed E-state index contributed by atoms with van der Waals surface area (Å²) in [4.78, 5) is 39.7. The number of carbonyl (C=O) groups is 1. The topological polar surface area (TPSA) is 123 Å². The summed E-state index contributed by atoms with van der Waals surface area (Å²) in [6.07, 6.45) is 0.406. The van der Waals surface area contributed by atoms with Crippen molar-refractivity contribution in [2.45, 2.75) is 33.6 Å². The van der Waals surface area contributed by atoms with Gasteiger partial charge in [-0.25, -0.2) is 9.78 Å². The highest BCUT2D eigenvalue weighted by Gasteiger charge is 2.21. The van der Waals surface area contributed by atoms with E-state index < -0.39 is 22.7 Å². The molecule has 10 heteroatoms. The van der Waals surface area contributed by atoms with Gasteiger partial charge in [-0.15, -0.1) is 0 Å². The molecule has 0 fully saturated rings. The Morgan fingerprint density at radius 2 is 1.76 bits per heavy atom. The molecule has 0 saturated heterocycles. The maximum Gasteiger partial charge on any atom is 0.345 e. The van der Waals surface area contributed by atoms with E-state index in [0.29, 0.717) is 18.8 Å². The molecule has 1 heterocycles. The molecule has 1 aromatic heterocycles. The summed E-state index contributed by atoms with van der Waals surface area (Å²) in [6.45, 7) is 6.03. The van der Waals surface area contributed by atoms with Crippen LogP contribution in [0.15, 0.2) is 35.3 Å². The number of hydrogen-bond acceptors (Lipinski definition) is 8. The fourth-order valence-electron chi connectivity index (χ4n) is 2.65. The smallest absolute Gasteiger partial charge is 0.345 e. The zero-order chi connectivity index (χ0) is 21.4. The monoisotopic (exact) mass is 405 g/mol. The summed E-state index contributed by atoms with van der Waals surface area (Å²) in [5.74, 6) is -0.555. The van der Waals surface area contributed by atoms with Crippen molar-refractivity contribution in [1.82, 2.24) is 9.55 Å². The van der Waals surface area contributed by atoms with E-state index in [-0.39, 0.29) is 30.2 Å². The van der Waals surface area contributed by atoms with E-state index in [1.807, 2.05) is 0 Å². The minimum atomic E-state index is -0.779. The van der Waals surface area contributed by atoms with E-state index in [2.05, 4.69) is 4.98 Å². The molecule has 0 amide bonds. The molecule has 0 unspecified atom stereocenters. The van der Waals surface area contributed by atoms with Gasteiger partial charge < -0.3 is 14.2 Å². The van der Waals surface area contributed by atoms with Crippen LogP contribution in [0.2, 0.25) is 0 Å². The molecular weight excluding hydrogens is 382 g/mol. The Hall–Kier alpha value is -3.11. The zero-order valence-corrected chi connectivity index (χ0v) is 16.5. The number of esters is 1. The van der Waals surface area contributed by atoms with Gasteiger partial charge in [0.2, 0.25) is 0 Å². The highest BCUT2D eigenvalue weighted by molar-refractivity contribution is 5.88. The molecule has 2 aromatic rings. The maximum atomic E-state index is 13.0. The van der Waals surface area contributed by atoms with Gasteiger partial charge in [0.1, 0.15) is 11.4 Å². The Labute approximate surface area is 167 Å². The van der Waals surface area contributed by atoms with E-state index in [9.17, 15) is 19.7 Å². The van der Waals surface area contributed by atoms with Crippen LogP contribution in [-0.4, -0.2) is 46.6 Å². The van der Waals surface area contributed by atoms with Gasteiger partial charge in [-0.1, -0.05) is 0 Å². The predicted molar refractivity (Wildman–Crippen MR) is 104 cm³/mol. The number of hydrogen-bond donors (Lipinski definition) is 0. The standard InChI is InChI=1S/C19H23N3O7/c1-4-27-16(28-5-2)12-21-17(13-7-9-14(10-8-13)22(25)26)20-11-15(18(21)23)19(24)29-6-3/h7-11,16H,4-6,12H2,1-3H3. The maximum absolute atomic E-state index is 13.0. The lowest BCUT2D eigenvalue weighted by molar-refractivity contribution is -0.384. The van der Waals surface area contributed by atoms with Gasteiger partial charge in [-0.05, 0) is 32.9 Å². The van der Waals surface area contributed by atoms with Gasteiger partial charge in [-0.3, -0.25) is 19.5 Å². The summed E-state index contributed by atoms with van der Waals surface area (Å²) in [5, 5.41) is 10.9. The number of nitrogens with zero attached hydrogens (tertiary/aromatic N) is 3. The Morgan fingerprint density at radius 3 is 2.28 bits per heavy atom. The lowest BCUT2D eigenvalue weighted by Gasteiger charge is -2.20. The normalized spacial score (nSPS) is 10.9. The average Bonchev–Trinajstić information content (AvgIpc) is 2.70. The molecule has 0 bridgehead atoms. The fourth-order valence-corrected chi connectivity index (χ4v) is 2.65.